The van der Waals surface area contributed by atoms with E-state index in [1.807, 2.05) is 6.08 Å². The highest BCUT2D eigenvalue weighted by molar-refractivity contribution is 6.01. The number of allylic oxidation sites excluding steroid dienone is 5. The molecule has 0 unspecified atom stereocenters. The molecule has 0 bridgehead atoms. The summed E-state index contributed by atoms with van der Waals surface area (Å²) in [6, 6.07) is -0.200. The van der Waals surface area contributed by atoms with E-state index in [9.17, 15) is 9.59 Å². The Morgan fingerprint density at radius 3 is 2.04 bits per heavy atom. The average Bonchev–Trinajstić information content (AvgIpc) is 2.69. The maximum absolute atomic E-state index is 11.8. The van der Waals surface area contributed by atoms with Crippen molar-refractivity contribution >= 4 is 11.9 Å². The van der Waals surface area contributed by atoms with Gasteiger partial charge in [-0.15, -0.1) is 0 Å². The van der Waals surface area contributed by atoms with Gasteiger partial charge in [-0.25, -0.2) is 4.79 Å². The number of likely N-dealkylation sites (N-methyl/N-ethyl adjacent to an activating group) is 1. The Kier molecular flexibility index (Phi) is 7.79. The lowest BCUT2D eigenvalue weighted by atomic mass is 10.1. The third-order valence-corrected chi connectivity index (χ3v) is 3.98. The maximum Gasteiger partial charge on any atom is 0.327 e. The van der Waals surface area contributed by atoms with E-state index >= 15 is 0 Å². The van der Waals surface area contributed by atoms with Crippen LogP contribution in [-0.2, 0) is 4.79 Å². The van der Waals surface area contributed by atoms with Crippen LogP contribution >= 0.6 is 0 Å². The first-order valence-electron chi connectivity index (χ1n) is 8.31. The predicted molar refractivity (Wildman–Crippen MR) is 95.2 cm³/mol. The summed E-state index contributed by atoms with van der Waals surface area (Å²) in [6.45, 7) is 9.06. The Hall–Kier alpha value is -1.84. The summed E-state index contributed by atoms with van der Waals surface area (Å²) in [4.78, 5) is 26.2. The van der Waals surface area contributed by atoms with Crippen LogP contribution in [0, 0.1) is 0 Å². The molecule has 1 aliphatic heterocycles. The molecule has 0 aromatic carbocycles. The first kappa shape index (κ1) is 19.2. The Balaban J connectivity index is 2.35. The van der Waals surface area contributed by atoms with Gasteiger partial charge in [-0.1, -0.05) is 34.9 Å². The van der Waals surface area contributed by atoms with Gasteiger partial charge in [-0.3, -0.25) is 9.69 Å². The van der Waals surface area contributed by atoms with E-state index in [0.717, 1.165) is 25.7 Å². The van der Waals surface area contributed by atoms with Crippen LogP contribution in [-0.4, -0.2) is 41.9 Å². The smallest absolute Gasteiger partial charge is 0.318 e. The van der Waals surface area contributed by atoms with E-state index in [0.29, 0.717) is 6.54 Å². The monoisotopic (exact) mass is 318 g/mol. The zero-order valence-electron chi connectivity index (χ0n) is 15.2. The minimum Gasteiger partial charge on any atom is -0.318 e. The van der Waals surface area contributed by atoms with Crippen LogP contribution in [0.3, 0.4) is 0 Å². The van der Waals surface area contributed by atoms with Crippen molar-refractivity contribution in [3.05, 3.63) is 34.9 Å². The van der Waals surface area contributed by atoms with Crippen LogP contribution < -0.4 is 0 Å². The number of urea groups is 1. The summed E-state index contributed by atoms with van der Waals surface area (Å²) in [7, 11) is 1.65. The largest absolute Gasteiger partial charge is 0.327 e. The van der Waals surface area contributed by atoms with Crippen molar-refractivity contribution < 1.29 is 9.59 Å². The fourth-order valence-electron chi connectivity index (χ4n) is 2.43. The molecule has 0 N–H and O–H groups in total. The molecule has 0 atom stereocenters. The Morgan fingerprint density at radius 2 is 1.52 bits per heavy atom. The topological polar surface area (TPSA) is 40.6 Å². The van der Waals surface area contributed by atoms with Crippen molar-refractivity contribution in [2.24, 2.45) is 0 Å². The standard InChI is InChI=1S/C19H30N2O2/c1-15(2)8-6-9-16(3)10-7-11-17(4)12-13-21-18(22)14-20(5)19(21)23/h8,10,12H,6-7,9,11,13-14H2,1-5H3/b16-10+,17-12+. The minimum atomic E-state index is -0.200. The number of rotatable bonds is 8. The summed E-state index contributed by atoms with van der Waals surface area (Å²) in [5.74, 6) is -0.114. The zero-order chi connectivity index (χ0) is 17.4. The van der Waals surface area contributed by atoms with E-state index in [4.69, 9.17) is 0 Å². The van der Waals surface area contributed by atoms with Gasteiger partial charge < -0.3 is 4.90 Å². The SMILES string of the molecule is CC(C)=CCC/C(C)=C/CC/C(C)=C/CN1C(=O)CN(C)C1=O. The molecule has 3 amide bonds. The number of carbonyl (C=O) groups excluding carboxylic acids is 2. The number of amides is 3. The molecule has 1 aliphatic rings. The molecule has 0 radical (unpaired) electrons. The highest BCUT2D eigenvalue weighted by Crippen LogP contribution is 2.13. The summed E-state index contributed by atoms with van der Waals surface area (Å²) >= 11 is 0. The van der Waals surface area contributed by atoms with Crippen molar-refractivity contribution in [3.63, 3.8) is 0 Å². The van der Waals surface area contributed by atoms with E-state index in [-0.39, 0.29) is 18.5 Å². The van der Waals surface area contributed by atoms with Gasteiger partial charge in [-0.05, 0) is 53.4 Å². The van der Waals surface area contributed by atoms with Gasteiger partial charge in [0.1, 0.15) is 6.54 Å². The fraction of sp³-hybridized carbons (Fsp3) is 0.579. The Labute approximate surface area is 140 Å². The van der Waals surface area contributed by atoms with Crippen molar-refractivity contribution in [2.45, 2.75) is 53.4 Å². The Morgan fingerprint density at radius 1 is 0.957 bits per heavy atom. The second kappa shape index (κ2) is 9.33. The molecule has 4 nitrogen and oxygen atoms in total. The van der Waals surface area contributed by atoms with Gasteiger partial charge >= 0.3 is 6.03 Å². The molecule has 1 heterocycles. The van der Waals surface area contributed by atoms with Gasteiger partial charge in [-0.2, -0.15) is 0 Å². The van der Waals surface area contributed by atoms with Crippen LogP contribution in [0.2, 0.25) is 0 Å². The van der Waals surface area contributed by atoms with Gasteiger partial charge in [0.05, 0.1) is 0 Å². The van der Waals surface area contributed by atoms with Crippen molar-refractivity contribution in [3.8, 4) is 0 Å². The van der Waals surface area contributed by atoms with Crippen LogP contribution in [0.15, 0.2) is 34.9 Å². The van der Waals surface area contributed by atoms with Gasteiger partial charge in [0.2, 0.25) is 0 Å². The normalized spacial score (nSPS) is 16.4. The quantitative estimate of drug-likeness (QED) is 0.494. The Bertz CT molecular complexity index is 525. The summed E-state index contributed by atoms with van der Waals surface area (Å²) < 4.78 is 0. The third kappa shape index (κ3) is 6.85. The first-order chi connectivity index (χ1) is 10.8. The van der Waals surface area contributed by atoms with Crippen molar-refractivity contribution in [1.82, 2.24) is 9.80 Å². The van der Waals surface area contributed by atoms with Crippen molar-refractivity contribution in [2.75, 3.05) is 20.1 Å². The minimum absolute atomic E-state index is 0.114. The lowest BCUT2D eigenvalue weighted by molar-refractivity contribution is -0.124. The third-order valence-electron chi connectivity index (χ3n) is 3.98. The van der Waals surface area contributed by atoms with E-state index < -0.39 is 0 Å². The van der Waals surface area contributed by atoms with Gasteiger partial charge in [0, 0.05) is 13.6 Å². The molecule has 1 saturated heterocycles. The molecule has 0 spiro atoms. The summed E-state index contributed by atoms with van der Waals surface area (Å²) in [5, 5.41) is 0. The molecule has 128 valence electrons. The number of carbonyl (C=O) groups is 2. The first-order valence-corrected chi connectivity index (χ1v) is 8.31. The summed E-state index contributed by atoms with van der Waals surface area (Å²) in [6.07, 6.45) is 10.7. The molecular formula is C19H30N2O2. The average molecular weight is 318 g/mol. The molecule has 0 aromatic rings. The zero-order valence-corrected chi connectivity index (χ0v) is 15.2. The molecule has 1 fully saturated rings. The second-order valence-electron chi connectivity index (χ2n) is 6.60. The molecular weight excluding hydrogens is 288 g/mol. The molecule has 1 rings (SSSR count). The number of hydrogen-bond donors (Lipinski definition) is 0. The van der Waals surface area contributed by atoms with Crippen molar-refractivity contribution in [1.29, 1.82) is 0 Å². The van der Waals surface area contributed by atoms with E-state index in [2.05, 4.69) is 39.8 Å². The number of hydrogen-bond acceptors (Lipinski definition) is 2. The predicted octanol–water partition coefficient (Wildman–Crippen LogP) is 4.30. The van der Waals surface area contributed by atoms with Gasteiger partial charge in [0.25, 0.3) is 5.91 Å². The fourth-order valence-corrected chi connectivity index (χ4v) is 2.43. The lowest BCUT2D eigenvalue weighted by Crippen LogP contribution is -2.31. The van der Waals surface area contributed by atoms with E-state index in [1.165, 1.54) is 26.5 Å². The van der Waals surface area contributed by atoms with Crippen LogP contribution in [0.25, 0.3) is 0 Å². The molecule has 0 aromatic heterocycles. The number of nitrogens with zero attached hydrogens (tertiary/aromatic N) is 2. The second-order valence-corrected chi connectivity index (χ2v) is 6.60. The van der Waals surface area contributed by atoms with Crippen LogP contribution in [0.1, 0.15) is 53.4 Å². The molecule has 0 aliphatic carbocycles. The maximum atomic E-state index is 11.8. The molecule has 0 saturated carbocycles. The van der Waals surface area contributed by atoms with Crippen LogP contribution in [0.5, 0.6) is 0 Å². The highest BCUT2D eigenvalue weighted by atomic mass is 16.2. The molecule has 23 heavy (non-hydrogen) atoms. The van der Waals surface area contributed by atoms with Gasteiger partial charge in [0.15, 0.2) is 0 Å². The lowest BCUT2D eigenvalue weighted by Gasteiger charge is -2.12. The number of imide groups is 1. The molecule has 4 heteroatoms. The van der Waals surface area contributed by atoms with E-state index in [1.54, 1.807) is 7.05 Å². The van der Waals surface area contributed by atoms with Crippen LogP contribution in [0.4, 0.5) is 4.79 Å². The summed E-state index contributed by atoms with van der Waals surface area (Å²) in [5.41, 5.74) is 4.00. The highest BCUT2D eigenvalue weighted by Gasteiger charge is 2.32.